The van der Waals surface area contributed by atoms with Gasteiger partial charge in [-0.25, -0.2) is 0 Å². The average Bonchev–Trinajstić information content (AvgIpc) is 1.81. The number of aliphatic hydroxyl groups is 1. The summed E-state index contributed by atoms with van der Waals surface area (Å²) < 4.78 is 0. The smallest absolute Gasteiger partial charge is 0.0724 e. The zero-order chi connectivity index (χ0) is 7.78. The summed E-state index contributed by atoms with van der Waals surface area (Å²) in [4.78, 5) is 0. The van der Waals surface area contributed by atoms with Crippen molar-refractivity contribution in [1.29, 1.82) is 0 Å². The molecule has 1 aliphatic carbocycles. The van der Waals surface area contributed by atoms with Gasteiger partial charge in [-0.1, -0.05) is 32.9 Å². The topological polar surface area (TPSA) is 20.2 Å². The Balaban J connectivity index is 2.72. The average molecular weight is 140 g/mol. The van der Waals surface area contributed by atoms with Crippen LogP contribution in [0.1, 0.15) is 27.2 Å². The molecule has 0 aliphatic heterocycles. The third-order valence-corrected chi connectivity index (χ3v) is 2.61. The molecule has 0 saturated heterocycles. The SMILES string of the molecule is CC1CC(O)C=CC1(C)C. The highest BCUT2D eigenvalue weighted by molar-refractivity contribution is 5.05. The zero-order valence-electron chi connectivity index (χ0n) is 6.96. The lowest BCUT2D eigenvalue weighted by molar-refractivity contribution is 0.138. The molecule has 0 aromatic rings. The van der Waals surface area contributed by atoms with Crippen molar-refractivity contribution in [1.82, 2.24) is 0 Å². The van der Waals surface area contributed by atoms with Gasteiger partial charge in [-0.3, -0.25) is 0 Å². The molecular formula is C9H16O. The van der Waals surface area contributed by atoms with Gasteiger partial charge in [0, 0.05) is 0 Å². The second kappa shape index (κ2) is 2.39. The molecule has 0 spiro atoms. The Morgan fingerprint density at radius 2 is 2.10 bits per heavy atom. The van der Waals surface area contributed by atoms with E-state index in [1.54, 1.807) is 0 Å². The van der Waals surface area contributed by atoms with Crippen molar-refractivity contribution in [3.8, 4) is 0 Å². The van der Waals surface area contributed by atoms with Gasteiger partial charge in [0.05, 0.1) is 6.10 Å². The summed E-state index contributed by atoms with van der Waals surface area (Å²) in [7, 11) is 0. The molecule has 58 valence electrons. The van der Waals surface area contributed by atoms with Crippen LogP contribution in [-0.4, -0.2) is 11.2 Å². The van der Waals surface area contributed by atoms with Crippen molar-refractivity contribution in [3.63, 3.8) is 0 Å². The van der Waals surface area contributed by atoms with E-state index in [0.29, 0.717) is 5.92 Å². The van der Waals surface area contributed by atoms with Crippen LogP contribution in [0.25, 0.3) is 0 Å². The summed E-state index contributed by atoms with van der Waals surface area (Å²) in [5, 5.41) is 9.22. The number of hydrogen-bond donors (Lipinski definition) is 1. The molecule has 0 bridgehead atoms. The summed E-state index contributed by atoms with van der Waals surface area (Å²) in [6.07, 6.45) is 4.72. The molecule has 2 atom stereocenters. The van der Waals surface area contributed by atoms with Gasteiger partial charge in [0.25, 0.3) is 0 Å². The van der Waals surface area contributed by atoms with Crippen LogP contribution >= 0.6 is 0 Å². The largest absolute Gasteiger partial charge is 0.389 e. The van der Waals surface area contributed by atoms with E-state index < -0.39 is 0 Å². The molecule has 10 heavy (non-hydrogen) atoms. The molecule has 0 saturated carbocycles. The van der Waals surface area contributed by atoms with E-state index in [2.05, 4.69) is 26.8 Å². The van der Waals surface area contributed by atoms with Crippen LogP contribution in [0, 0.1) is 11.3 Å². The summed E-state index contributed by atoms with van der Waals surface area (Å²) >= 11 is 0. The van der Waals surface area contributed by atoms with E-state index in [1.807, 2.05) is 6.08 Å². The highest BCUT2D eigenvalue weighted by Crippen LogP contribution is 2.35. The lowest BCUT2D eigenvalue weighted by Crippen LogP contribution is -2.27. The predicted octanol–water partition coefficient (Wildman–Crippen LogP) is 1.97. The molecule has 1 rings (SSSR count). The molecule has 0 aromatic heterocycles. The molecule has 1 heteroatoms. The minimum Gasteiger partial charge on any atom is -0.389 e. The monoisotopic (exact) mass is 140 g/mol. The fraction of sp³-hybridized carbons (Fsp3) is 0.778. The van der Waals surface area contributed by atoms with Gasteiger partial charge >= 0.3 is 0 Å². The van der Waals surface area contributed by atoms with Crippen molar-refractivity contribution in [2.45, 2.75) is 33.3 Å². The number of aliphatic hydroxyl groups excluding tert-OH is 1. The molecule has 0 fully saturated rings. The maximum atomic E-state index is 9.22. The Morgan fingerprint density at radius 1 is 1.50 bits per heavy atom. The van der Waals surface area contributed by atoms with Gasteiger partial charge in [0.2, 0.25) is 0 Å². The van der Waals surface area contributed by atoms with Gasteiger partial charge in [0.15, 0.2) is 0 Å². The van der Waals surface area contributed by atoms with Gasteiger partial charge < -0.3 is 5.11 Å². The Kier molecular flexibility index (Phi) is 1.86. The fourth-order valence-corrected chi connectivity index (χ4v) is 1.27. The van der Waals surface area contributed by atoms with Crippen LogP contribution < -0.4 is 0 Å². The van der Waals surface area contributed by atoms with Crippen LogP contribution in [0.3, 0.4) is 0 Å². The van der Waals surface area contributed by atoms with Crippen LogP contribution in [0.5, 0.6) is 0 Å². The van der Waals surface area contributed by atoms with Crippen LogP contribution in [0.4, 0.5) is 0 Å². The highest BCUT2D eigenvalue weighted by atomic mass is 16.3. The fourth-order valence-electron chi connectivity index (χ4n) is 1.27. The van der Waals surface area contributed by atoms with Crippen molar-refractivity contribution < 1.29 is 5.11 Å². The summed E-state index contributed by atoms with van der Waals surface area (Å²) in [6.45, 7) is 6.60. The van der Waals surface area contributed by atoms with Gasteiger partial charge in [0.1, 0.15) is 0 Å². The second-order valence-corrected chi connectivity index (χ2v) is 3.88. The molecule has 0 radical (unpaired) electrons. The van der Waals surface area contributed by atoms with Gasteiger partial charge in [-0.15, -0.1) is 0 Å². The van der Waals surface area contributed by atoms with Crippen LogP contribution in [0.15, 0.2) is 12.2 Å². The third kappa shape index (κ3) is 1.40. The van der Waals surface area contributed by atoms with E-state index >= 15 is 0 Å². The van der Waals surface area contributed by atoms with E-state index in [9.17, 15) is 5.11 Å². The van der Waals surface area contributed by atoms with Crippen LogP contribution in [0.2, 0.25) is 0 Å². The van der Waals surface area contributed by atoms with Crippen LogP contribution in [-0.2, 0) is 0 Å². The maximum absolute atomic E-state index is 9.22. The van der Waals surface area contributed by atoms with Crippen molar-refractivity contribution >= 4 is 0 Å². The molecular weight excluding hydrogens is 124 g/mol. The lowest BCUT2D eigenvalue weighted by Gasteiger charge is -2.33. The van der Waals surface area contributed by atoms with Crippen molar-refractivity contribution in [2.75, 3.05) is 0 Å². The third-order valence-electron chi connectivity index (χ3n) is 2.61. The van der Waals surface area contributed by atoms with Crippen molar-refractivity contribution in [2.24, 2.45) is 11.3 Å². The Morgan fingerprint density at radius 3 is 2.50 bits per heavy atom. The first kappa shape index (κ1) is 7.80. The molecule has 1 aliphatic rings. The molecule has 0 aromatic carbocycles. The normalized spacial score (nSPS) is 38.0. The summed E-state index contributed by atoms with van der Waals surface area (Å²) in [6, 6.07) is 0. The second-order valence-electron chi connectivity index (χ2n) is 3.88. The number of allylic oxidation sites excluding steroid dienone is 1. The van der Waals surface area contributed by atoms with E-state index in [0.717, 1.165) is 6.42 Å². The highest BCUT2D eigenvalue weighted by Gasteiger charge is 2.27. The van der Waals surface area contributed by atoms with Gasteiger partial charge in [-0.05, 0) is 17.8 Å². The molecule has 0 amide bonds. The number of hydrogen-bond acceptors (Lipinski definition) is 1. The Labute approximate surface area is 62.8 Å². The van der Waals surface area contributed by atoms with Crippen molar-refractivity contribution in [3.05, 3.63) is 12.2 Å². The predicted molar refractivity (Wildman–Crippen MR) is 42.7 cm³/mol. The minimum atomic E-state index is -0.206. The Hall–Kier alpha value is -0.300. The summed E-state index contributed by atoms with van der Waals surface area (Å²) in [5.74, 6) is 0.590. The maximum Gasteiger partial charge on any atom is 0.0724 e. The first-order valence-corrected chi connectivity index (χ1v) is 3.90. The zero-order valence-corrected chi connectivity index (χ0v) is 6.96. The quantitative estimate of drug-likeness (QED) is 0.510. The lowest BCUT2D eigenvalue weighted by atomic mass is 9.73. The van der Waals surface area contributed by atoms with E-state index in [4.69, 9.17) is 0 Å². The first-order chi connectivity index (χ1) is 4.52. The van der Waals surface area contributed by atoms with E-state index in [1.165, 1.54) is 0 Å². The molecule has 1 nitrogen and oxygen atoms in total. The molecule has 2 unspecified atom stereocenters. The molecule has 1 N–H and O–H groups in total. The Bertz CT molecular complexity index is 147. The molecule has 0 heterocycles. The minimum absolute atomic E-state index is 0.206. The number of rotatable bonds is 0. The first-order valence-electron chi connectivity index (χ1n) is 3.90. The standard InChI is InChI=1S/C9H16O/c1-7-6-8(10)4-5-9(7,2)3/h4-5,7-8,10H,6H2,1-3H3. The summed E-state index contributed by atoms with van der Waals surface area (Å²) in [5.41, 5.74) is 0.277. The van der Waals surface area contributed by atoms with E-state index in [-0.39, 0.29) is 11.5 Å². The van der Waals surface area contributed by atoms with Gasteiger partial charge in [-0.2, -0.15) is 0 Å².